The average molecular weight is 471 g/mol. The molecule has 0 aliphatic carbocycles. The van der Waals surface area contributed by atoms with Gasteiger partial charge in [0, 0.05) is 0 Å². The minimum absolute atomic E-state index is 0.230. The molecule has 1 fully saturated rings. The molecule has 0 saturated carbocycles. The predicted molar refractivity (Wildman–Crippen MR) is 106 cm³/mol. The van der Waals surface area contributed by atoms with Crippen molar-refractivity contribution in [3.63, 3.8) is 0 Å². The molecule has 6 nitrogen and oxygen atoms in total. The predicted octanol–water partition coefficient (Wildman–Crippen LogP) is 3.17. The molecule has 1 amide bonds. The summed E-state index contributed by atoms with van der Waals surface area (Å²) in [7, 11) is -4.08. The van der Waals surface area contributed by atoms with E-state index in [1.54, 1.807) is 0 Å². The Labute approximate surface area is 180 Å². The molecule has 1 N–H and O–H groups in total. The maximum atomic E-state index is 13.3. The van der Waals surface area contributed by atoms with Gasteiger partial charge in [0.25, 0.3) is 5.91 Å². The normalized spacial score (nSPS) is 19.3. The Morgan fingerprint density at radius 3 is 2.35 bits per heavy atom. The minimum Gasteiger partial charge on any atom is -0.347 e. The molecule has 1 aliphatic rings. The summed E-state index contributed by atoms with van der Waals surface area (Å²) in [6.45, 7) is 1.25. The van der Waals surface area contributed by atoms with Crippen LogP contribution < -0.4 is 10.2 Å². The molecule has 1 saturated heterocycles. The molecule has 2 aromatic rings. The third kappa shape index (κ3) is 4.24. The number of sulfone groups is 1. The number of benzene rings is 2. The smallest absolute Gasteiger partial charge is 0.347 e. The summed E-state index contributed by atoms with van der Waals surface area (Å²) in [5.41, 5.74) is -3.94. The largest absolute Gasteiger partial charge is 0.417 e. The summed E-state index contributed by atoms with van der Waals surface area (Å²) in [5.74, 6) is -2.31. The van der Waals surface area contributed by atoms with E-state index in [9.17, 15) is 30.8 Å². The van der Waals surface area contributed by atoms with E-state index in [2.05, 4.69) is 5.32 Å². The number of nitrogens with one attached hydrogen (secondary N) is 1. The standard InChI is InChI=1S/C19H13F4N3O3S2/c1-18(10-31(28,29)14-6-3-12(20)4-7-14)16(27)26(17(30)25-18)13-5-2-11(9-24)15(8-13)19(21,22)23/h2-8H,10H2,1H3,(H,25,30). The van der Waals surface area contributed by atoms with Gasteiger partial charge in [0.05, 0.1) is 33.5 Å². The third-order valence-electron chi connectivity index (χ3n) is 4.60. The Morgan fingerprint density at radius 1 is 1.19 bits per heavy atom. The fourth-order valence-corrected chi connectivity index (χ4v) is 5.21. The van der Waals surface area contributed by atoms with Crippen molar-refractivity contribution < 1.29 is 30.8 Å². The lowest BCUT2D eigenvalue weighted by molar-refractivity contribution is -0.137. The lowest BCUT2D eigenvalue weighted by Gasteiger charge is -2.22. The first-order valence-electron chi connectivity index (χ1n) is 8.55. The van der Waals surface area contributed by atoms with Crippen LogP contribution in [-0.2, 0) is 20.8 Å². The zero-order valence-corrected chi connectivity index (χ0v) is 17.3. The SMILES string of the molecule is CC1(CS(=O)(=O)c2ccc(F)cc2)NC(=S)N(c2ccc(C#N)c(C(F)(F)F)c2)C1=O. The van der Waals surface area contributed by atoms with Crippen LogP contribution in [0.15, 0.2) is 47.4 Å². The van der Waals surface area contributed by atoms with Crippen LogP contribution >= 0.6 is 12.2 Å². The van der Waals surface area contributed by atoms with E-state index in [1.165, 1.54) is 13.0 Å². The highest BCUT2D eigenvalue weighted by Gasteiger charge is 2.49. The van der Waals surface area contributed by atoms with Gasteiger partial charge in [-0.1, -0.05) is 0 Å². The van der Waals surface area contributed by atoms with Crippen molar-refractivity contribution in [3.8, 4) is 6.07 Å². The van der Waals surface area contributed by atoms with Crippen LogP contribution in [0.3, 0.4) is 0 Å². The van der Waals surface area contributed by atoms with Gasteiger partial charge in [-0.15, -0.1) is 0 Å². The summed E-state index contributed by atoms with van der Waals surface area (Å²) in [6, 6.07) is 8.03. The first-order chi connectivity index (χ1) is 14.3. The summed E-state index contributed by atoms with van der Waals surface area (Å²) in [6.07, 6.45) is -4.85. The fraction of sp³-hybridized carbons (Fsp3) is 0.211. The van der Waals surface area contributed by atoms with Gasteiger partial charge in [-0.05, 0) is 61.6 Å². The van der Waals surface area contributed by atoms with Gasteiger partial charge in [0.15, 0.2) is 14.9 Å². The van der Waals surface area contributed by atoms with Crippen molar-refractivity contribution >= 4 is 38.8 Å². The van der Waals surface area contributed by atoms with Crippen molar-refractivity contribution in [3.05, 3.63) is 59.4 Å². The highest BCUT2D eigenvalue weighted by Crippen LogP contribution is 2.36. The lowest BCUT2D eigenvalue weighted by Crippen LogP contribution is -2.49. The zero-order chi connectivity index (χ0) is 23.2. The van der Waals surface area contributed by atoms with Crippen LogP contribution in [0.5, 0.6) is 0 Å². The van der Waals surface area contributed by atoms with Crippen molar-refractivity contribution in [2.45, 2.75) is 23.5 Å². The highest BCUT2D eigenvalue weighted by atomic mass is 32.2. The minimum atomic E-state index is -4.85. The van der Waals surface area contributed by atoms with Gasteiger partial charge < -0.3 is 5.32 Å². The van der Waals surface area contributed by atoms with E-state index in [4.69, 9.17) is 17.5 Å². The number of rotatable bonds is 4. The van der Waals surface area contributed by atoms with Gasteiger partial charge in [0.1, 0.15) is 11.4 Å². The van der Waals surface area contributed by atoms with E-state index >= 15 is 0 Å². The molecule has 12 heteroatoms. The molecule has 0 bridgehead atoms. The van der Waals surface area contributed by atoms with Crippen LogP contribution in [0.4, 0.5) is 23.2 Å². The molecule has 1 atom stereocenters. The Morgan fingerprint density at radius 2 is 1.81 bits per heavy atom. The number of hydrogen-bond donors (Lipinski definition) is 1. The molecule has 3 rings (SSSR count). The van der Waals surface area contributed by atoms with Crippen LogP contribution in [0.1, 0.15) is 18.1 Å². The number of halogens is 4. The van der Waals surface area contributed by atoms with Crippen molar-refractivity contribution in [1.82, 2.24) is 5.32 Å². The van der Waals surface area contributed by atoms with E-state index in [0.29, 0.717) is 6.07 Å². The second kappa shape index (κ2) is 7.58. The number of thiocarbonyl (C=S) groups is 1. The topological polar surface area (TPSA) is 90.3 Å². The van der Waals surface area contributed by atoms with E-state index in [1.807, 2.05) is 0 Å². The van der Waals surface area contributed by atoms with Crippen LogP contribution in [0.2, 0.25) is 0 Å². The van der Waals surface area contributed by atoms with E-state index in [-0.39, 0.29) is 15.7 Å². The maximum absolute atomic E-state index is 13.3. The third-order valence-corrected chi connectivity index (χ3v) is 6.83. The second-order valence-electron chi connectivity index (χ2n) is 6.96. The van der Waals surface area contributed by atoms with Crippen LogP contribution in [0, 0.1) is 17.1 Å². The molecule has 162 valence electrons. The first-order valence-corrected chi connectivity index (χ1v) is 10.6. The zero-order valence-electron chi connectivity index (χ0n) is 15.7. The van der Waals surface area contributed by atoms with Crippen LogP contribution in [0.25, 0.3) is 0 Å². The average Bonchev–Trinajstić information content (AvgIpc) is 2.88. The fourth-order valence-electron chi connectivity index (χ4n) is 3.13. The lowest BCUT2D eigenvalue weighted by atomic mass is 10.0. The molecule has 0 aromatic heterocycles. The summed E-state index contributed by atoms with van der Waals surface area (Å²) in [4.78, 5) is 13.5. The number of nitriles is 1. The van der Waals surface area contributed by atoms with Gasteiger partial charge >= 0.3 is 6.18 Å². The Hall–Kier alpha value is -3.04. The van der Waals surface area contributed by atoms with E-state index < -0.39 is 50.2 Å². The summed E-state index contributed by atoms with van der Waals surface area (Å²) >= 11 is 5.07. The van der Waals surface area contributed by atoms with Crippen molar-refractivity contribution in [2.75, 3.05) is 10.7 Å². The second-order valence-corrected chi connectivity index (χ2v) is 9.33. The van der Waals surface area contributed by atoms with Gasteiger partial charge in [-0.3, -0.25) is 9.69 Å². The summed E-state index contributed by atoms with van der Waals surface area (Å²) < 4.78 is 78.3. The van der Waals surface area contributed by atoms with Gasteiger partial charge in [-0.2, -0.15) is 18.4 Å². The Kier molecular flexibility index (Phi) is 5.54. The number of hydrogen-bond acceptors (Lipinski definition) is 5. The molecular formula is C19H13F4N3O3S2. The van der Waals surface area contributed by atoms with Crippen LogP contribution in [-0.4, -0.2) is 30.7 Å². The number of nitrogens with zero attached hydrogens (tertiary/aromatic N) is 2. The van der Waals surface area contributed by atoms with Crippen molar-refractivity contribution in [1.29, 1.82) is 5.26 Å². The molecule has 0 radical (unpaired) electrons. The van der Waals surface area contributed by atoms with Crippen molar-refractivity contribution in [2.24, 2.45) is 0 Å². The number of carbonyl (C=O) groups is 1. The molecule has 0 spiro atoms. The molecule has 31 heavy (non-hydrogen) atoms. The number of alkyl halides is 3. The molecule has 1 aliphatic heterocycles. The maximum Gasteiger partial charge on any atom is 0.417 e. The highest BCUT2D eigenvalue weighted by molar-refractivity contribution is 7.91. The molecule has 1 heterocycles. The summed E-state index contributed by atoms with van der Waals surface area (Å²) in [5, 5.41) is 11.2. The number of carbonyl (C=O) groups excluding carboxylic acids is 1. The monoisotopic (exact) mass is 471 g/mol. The van der Waals surface area contributed by atoms with Gasteiger partial charge in [0.2, 0.25) is 0 Å². The number of amides is 1. The molecule has 1 unspecified atom stereocenters. The number of anilines is 1. The Bertz CT molecular complexity index is 1220. The molecular weight excluding hydrogens is 458 g/mol. The Balaban J connectivity index is 1.97. The molecule has 2 aromatic carbocycles. The quantitative estimate of drug-likeness (QED) is 0.419. The van der Waals surface area contributed by atoms with Gasteiger partial charge in [-0.25, -0.2) is 12.8 Å². The van der Waals surface area contributed by atoms with E-state index in [0.717, 1.165) is 41.3 Å². The first kappa shape index (κ1) is 22.6.